The summed E-state index contributed by atoms with van der Waals surface area (Å²) in [6.07, 6.45) is 3.58. The van der Waals surface area contributed by atoms with E-state index in [4.69, 9.17) is 5.73 Å². The molecule has 0 fully saturated rings. The molecule has 14 heavy (non-hydrogen) atoms. The number of imidazole rings is 1. The van der Waals surface area contributed by atoms with E-state index in [0.29, 0.717) is 6.54 Å². The van der Waals surface area contributed by atoms with Crippen molar-refractivity contribution in [2.45, 2.75) is 13.5 Å². The first-order valence-corrected chi connectivity index (χ1v) is 4.60. The van der Waals surface area contributed by atoms with Crippen molar-refractivity contribution in [1.82, 2.24) is 9.97 Å². The Morgan fingerprint density at radius 2 is 2.29 bits per heavy atom. The van der Waals surface area contributed by atoms with E-state index in [0.717, 1.165) is 17.0 Å². The lowest BCUT2D eigenvalue weighted by Gasteiger charge is -2.04. The smallest absolute Gasteiger partial charge is 0.137 e. The lowest BCUT2D eigenvalue weighted by atomic mass is 10.0. The van der Waals surface area contributed by atoms with Crippen LogP contribution in [0.15, 0.2) is 30.6 Å². The Morgan fingerprint density at radius 3 is 2.86 bits per heavy atom. The van der Waals surface area contributed by atoms with E-state index in [9.17, 15) is 0 Å². The van der Waals surface area contributed by atoms with Gasteiger partial charge in [-0.15, -0.1) is 0 Å². The highest BCUT2D eigenvalue weighted by Gasteiger charge is 2.03. The van der Waals surface area contributed by atoms with Crippen molar-refractivity contribution < 1.29 is 0 Å². The van der Waals surface area contributed by atoms with Gasteiger partial charge < -0.3 is 10.7 Å². The molecule has 0 radical (unpaired) electrons. The zero-order valence-corrected chi connectivity index (χ0v) is 8.12. The largest absolute Gasteiger partial charge is 0.345 e. The molecule has 0 atom stereocenters. The summed E-state index contributed by atoms with van der Waals surface area (Å²) in [6, 6.07) is 6.18. The number of nitrogens with two attached hydrogens (primary N) is 1. The van der Waals surface area contributed by atoms with E-state index in [2.05, 4.69) is 29.0 Å². The van der Waals surface area contributed by atoms with Gasteiger partial charge in [0.25, 0.3) is 0 Å². The van der Waals surface area contributed by atoms with Crippen LogP contribution in [0, 0.1) is 6.92 Å². The Morgan fingerprint density at radius 1 is 1.43 bits per heavy atom. The van der Waals surface area contributed by atoms with Crippen LogP contribution < -0.4 is 5.73 Å². The van der Waals surface area contributed by atoms with Gasteiger partial charge in [0, 0.05) is 24.5 Å². The van der Waals surface area contributed by atoms with Crippen molar-refractivity contribution in [1.29, 1.82) is 0 Å². The number of aromatic amines is 1. The van der Waals surface area contributed by atoms with Crippen LogP contribution in [0.3, 0.4) is 0 Å². The molecule has 0 saturated heterocycles. The molecule has 3 heteroatoms. The van der Waals surface area contributed by atoms with Crippen LogP contribution in [-0.2, 0) is 6.54 Å². The minimum absolute atomic E-state index is 0.583. The normalized spacial score (nSPS) is 10.4. The molecule has 3 nitrogen and oxygen atoms in total. The van der Waals surface area contributed by atoms with Gasteiger partial charge in [-0.25, -0.2) is 4.98 Å². The Labute approximate surface area is 83.0 Å². The van der Waals surface area contributed by atoms with Gasteiger partial charge >= 0.3 is 0 Å². The fraction of sp³-hybridized carbons (Fsp3) is 0.182. The molecule has 0 bridgehead atoms. The summed E-state index contributed by atoms with van der Waals surface area (Å²) in [5, 5.41) is 0. The van der Waals surface area contributed by atoms with E-state index in [1.165, 1.54) is 5.56 Å². The van der Waals surface area contributed by atoms with Crippen molar-refractivity contribution in [3.8, 4) is 11.4 Å². The first-order valence-electron chi connectivity index (χ1n) is 4.60. The predicted molar refractivity (Wildman–Crippen MR) is 56.7 cm³/mol. The minimum atomic E-state index is 0.583. The maximum atomic E-state index is 5.56. The third-order valence-corrected chi connectivity index (χ3v) is 2.28. The van der Waals surface area contributed by atoms with E-state index in [1.54, 1.807) is 6.20 Å². The molecule has 1 aromatic heterocycles. The van der Waals surface area contributed by atoms with Crippen LogP contribution in [0.4, 0.5) is 0 Å². The lowest BCUT2D eigenvalue weighted by Crippen LogP contribution is -1.97. The zero-order chi connectivity index (χ0) is 9.97. The second kappa shape index (κ2) is 3.64. The summed E-state index contributed by atoms with van der Waals surface area (Å²) in [5.41, 5.74) is 9.04. The Balaban J connectivity index is 2.46. The summed E-state index contributed by atoms with van der Waals surface area (Å²) in [5.74, 6) is 0.908. The molecule has 2 rings (SSSR count). The van der Waals surface area contributed by atoms with Crippen molar-refractivity contribution in [2.75, 3.05) is 0 Å². The van der Waals surface area contributed by atoms with Crippen LogP contribution in [0.5, 0.6) is 0 Å². The molecular formula is C11H13N3. The number of benzene rings is 1. The maximum Gasteiger partial charge on any atom is 0.137 e. The molecule has 3 N–H and O–H groups in total. The third kappa shape index (κ3) is 1.54. The van der Waals surface area contributed by atoms with Crippen molar-refractivity contribution in [2.24, 2.45) is 5.73 Å². The first-order chi connectivity index (χ1) is 6.81. The third-order valence-electron chi connectivity index (χ3n) is 2.28. The van der Waals surface area contributed by atoms with Gasteiger partial charge in [0.2, 0.25) is 0 Å². The minimum Gasteiger partial charge on any atom is -0.345 e. The Bertz CT molecular complexity index is 418. The van der Waals surface area contributed by atoms with E-state index >= 15 is 0 Å². The van der Waals surface area contributed by atoms with Crippen LogP contribution in [0.25, 0.3) is 11.4 Å². The van der Waals surface area contributed by atoms with Crippen LogP contribution in [0.2, 0.25) is 0 Å². The van der Waals surface area contributed by atoms with Gasteiger partial charge in [0.1, 0.15) is 5.82 Å². The molecule has 0 spiro atoms. The zero-order valence-electron chi connectivity index (χ0n) is 8.12. The van der Waals surface area contributed by atoms with Crippen molar-refractivity contribution in [3.05, 3.63) is 41.7 Å². The lowest BCUT2D eigenvalue weighted by molar-refractivity contribution is 1.06. The van der Waals surface area contributed by atoms with Crippen LogP contribution in [-0.4, -0.2) is 9.97 Å². The quantitative estimate of drug-likeness (QED) is 0.753. The highest BCUT2D eigenvalue weighted by molar-refractivity contribution is 5.60. The number of aromatic nitrogens is 2. The molecule has 0 unspecified atom stereocenters. The number of hydrogen-bond acceptors (Lipinski definition) is 2. The van der Waals surface area contributed by atoms with Crippen LogP contribution >= 0.6 is 0 Å². The summed E-state index contributed by atoms with van der Waals surface area (Å²) < 4.78 is 0. The standard InChI is InChI=1S/C11H13N3/c1-8-6-9(7-12)2-3-10(8)11-13-4-5-14-11/h2-6H,7,12H2,1H3,(H,13,14). The van der Waals surface area contributed by atoms with Crippen molar-refractivity contribution >= 4 is 0 Å². The number of hydrogen-bond donors (Lipinski definition) is 2. The van der Waals surface area contributed by atoms with E-state index in [-0.39, 0.29) is 0 Å². The second-order valence-corrected chi connectivity index (χ2v) is 3.29. The summed E-state index contributed by atoms with van der Waals surface area (Å²) in [7, 11) is 0. The Hall–Kier alpha value is -1.61. The highest BCUT2D eigenvalue weighted by atomic mass is 14.9. The summed E-state index contributed by atoms with van der Waals surface area (Å²) in [4.78, 5) is 7.31. The molecule has 0 amide bonds. The first kappa shape index (κ1) is 8.97. The van der Waals surface area contributed by atoms with E-state index in [1.807, 2.05) is 12.3 Å². The number of aryl methyl sites for hydroxylation is 1. The average Bonchev–Trinajstić information content (AvgIpc) is 2.70. The van der Waals surface area contributed by atoms with Gasteiger partial charge in [-0.3, -0.25) is 0 Å². The SMILES string of the molecule is Cc1cc(CN)ccc1-c1ncc[nH]1. The second-order valence-electron chi connectivity index (χ2n) is 3.29. The summed E-state index contributed by atoms with van der Waals surface area (Å²) in [6.45, 7) is 2.65. The molecule has 0 saturated carbocycles. The molecule has 2 aromatic rings. The molecule has 72 valence electrons. The topological polar surface area (TPSA) is 54.7 Å². The molecule has 0 aliphatic heterocycles. The molecule has 0 aliphatic rings. The van der Waals surface area contributed by atoms with E-state index < -0.39 is 0 Å². The highest BCUT2D eigenvalue weighted by Crippen LogP contribution is 2.20. The molecule has 1 heterocycles. The van der Waals surface area contributed by atoms with Gasteiger partial charge in [0.15, 0.2) is 0 Å². The number of nitrogens with one attached hydrogen (secondary N) is 1. The molecule has 1 aromatic carbocycles. The molecule has 0 aliphatic carbocycles. The summed E-state index contributed by atoms with van der Waals surface area (Å²) >= 11 is 0. The predicted octanol–water partition coefficient (Wildman–Crippen LogP) is 1.84. The maximum absolute atomic E-state index is 5.56. The number of nitrogens with zero attached hydrogens (tertiary/aromatic N) is 1. The average molecular weight is 187 g/mol. The Kier molecular flexibility index (Phi) is 2.33. The van der Waals surface area contributed by atoms with Crippen LogP contribution in [0.1, 0.15) is 11.1 Å². The number of H-pyrrole nitrogens is 1. The van der Waals surface area contributed by atoms with Gasteiger partial charge in [0.05, 0.1) is 0 Å². The van der Waals surface area contributed by atoms with Gasteiger partial charge in [-0.2, -0.15) is 0 Å². The van der Waals surface area contributed by atoms with Crippen molar-refractivity contribution in [3.63, 3.8) is 0 Å². The number of rotatable bonds is 2. The molecular weight excluding hydrogens is 174 g/mol. The van der Waals surface area contributed by atoms with Gasteiger partial charge in [-0.05, 0) is 18.1 Å². The fourth-order valence-electron chi connectivity index (χ4n) is 1.53. The fourth-order valence-corrected chi connectivity index (χ4v) is 1.53. The van der Waals surface area contributed by atoms with Gasteiger partial charge in [-0.1, -0.05) is 18.2 Å². The monoisotopic (exact) mass is 187 g/mol.